The Morgan fingerprint density at radius 3 is 2.79 bits per heavy atom. The molecule has 1 atom stereocenters. The molecule has 0 spiro atoms. The van der Waals surface area contributed by atoms with Crippen LogP contribution in [0.25, 0.3) is 0 Å². The van der Waals surface area contributed by atoms with E-state index in [0.717, 1.165) is 12.8 Å². The number of ether oxygens (including phenoxy) is 1. The van der Waals surface area contributed by atoms with Crippen LogP contribution in [0.2, 0.25) is 0 Å². The molecule has 3 rings (SSSR count). The highest BCUT2D eigenvalue weighted by Gasteiger charge is 2.25. The smallest absolute Gasteiger partial charge is 0.274 e. The van der Waals surface area contributed by atoms with Crippen molar-refractivity contribution in [3.63, 3.8) is 0 Å². The number of amides is 1. The number of aromatic nitrogens is 2. The lowest BCUT2D eigenvalue weighted by Gasteiger charge is -2.32. The fourth-order valence-electron chi connectivity index (χ4n) is 2.83. The molecule has 0 unspecified atom stereocenters. The van der Waals surface area contributed by atoms with Crippen LogP contribution in [0.15, 0.2) is 47.3 Å². The first-order valence-electron chi connectivity index (χ1n) is 8.12. The fraction of sp³-hybridized carbons (Fsp3) is 0.389. The number of carbonyl (C=O) groups excluding carboxylic acids is 1. The molecule has 6 nitrogen and oxygen atoms in total. The SMILES string of the molecule is Cn1nc(C(=O)N2CCO[C@@H](CCc3ccccc3)C2)ccc1=O. The maximum Gasteiger partial charge on any atom is 0.274 e. The number of benzene rings is 1. The van der Waals surface area contributed by atoms with Gasteiger partial charge in [0.2, 0.25) is 0 Å². The number of aryl methyl sites for hydroxylation is 2. The van der Waals surface area contributed by atoms with Gasteiger partial charge in [-0.2, -0.15) is 5.10 Å². The maximum atomic E-state index is 12.6. The zero-order valence-corrected chi connectivity index (χ0v) is 13.7. The van der Waals surface area contributed by atoms with E-state index in [1.807, 2.05) is 18.2 Å². The highest BCUT2D eigenvalue weighted by molar-refractivity contribution is 5.92. The summed E-state index contributed by atoms with van der Waals surface area (Å²) in [6.45, 7) is 1.62. The first kappa shape index (κ1) is 16.4. The third kappa shape index (κ3) is 3.89. The molecule has 24 heavy (non-hydrogen) atoms. The van der Waals surface area contributed by atoms with Crippen molar-refractivity contribution in [3.8, 4) is 0 Å². The number of morpholine rings is 1. The van der Waals surface area contributed by atoms with E-state index in [1.165, 1.54) is 22.4 Å². The minimum absolute atomic E-state index is 0.0236. The van der Waals surface area contributed by atoms with Gasteiger partial charge in [0, 0.05) is 26.2 Å². The Labute approximate surface area is 140 Å². The van der Waals surface area contributed by atoms with Gasteiger partial charge in [-0.25, -0.2) is 4.68 Å². The average molecular weight is 327 g/mol. The highest BCUT2D eigenvalue weighted by atomic mass is 16.5. The Bertz CT molecular complexity index is 758. The van der Waals surface area contributed by atoms with Crippen molar-refractivity contribution in [1.29, 1.82) is 0 Å². The lowest BCUT2D eigenvalue weighted by molar-refractivity contribution is -0.0248. The molecule has 1 aliphatic heterocycles. The number of nitrogens with zero attached hydrogens (tertiary/aromatic N) is 3. The highest BCUT2D eigenvalue weighted by Crippen LogP contribution is 2.14. The van der Waals surface area contributed by atoms with Gasteiger partial charge >= 0.3 is 0 Å². The number of rotatable bonds is 4. The summed E-state index contributed by atoms with van der Waals surface area (Å²) in [5.41, 5.74) is 1.33. The summed E-state index contributed by atoms with van der Waals surface area (Å²) >= 11 is 0. The Balaban J connectivity index is 1.61. The van der Waals surface area contributed by atoms with Crippen LogP contribution in [-0.2, 0) is 18.2 Å². The van der Waals surface area contributed by atoms with E-state index in [-0.39, 0.29) is 17.6 Å². The topological polar surface area (TPSA) is 64.4 Å². The third-order valence-electron chi connectivity index (χ3n) is 4.20. The summed E-state index contributed by atoms with van der Waals surface area (Å²) in [5.74, 6) is -0.154. The molecule has 1 aliphatic rings. The first-order valence-corrected chi connectivity index (χ1v) is 8.12. The van der Waals surface area contributed by atoms with Gasteiger partial charge in [0.25, 0.3) is 11.5 Å². The molecular weight excluding hydrogens is 306 g/mol. The lowest BCUT2D eigenvalue weighted by atomic mass is 10.1. The summed E-state index contributed by atoms with van der Waals surface area (Å²) in [6.07, 6.45) is 1.82. The molecule has 0 bridgehead atoms. The molecule has 1 amide bonds. The Morgan fingerprint density at radius 1 is 1.25 bits per heavy atom. The number of hydrogen-bond acceptors (Lipinski definition) is 4. The van der Waals surface area contributed by atoms with Gasteiger partial charge in [-0.15, -0.1) is 0 Å². The van der Waals surface area contributed by atoms with Crippen molar-refractivity contribution in [2.75, 3.05) is 19.7 Å². The molecule has 0 N–H and O–H groups in total. The van der Waals surface area contributed by atoms with Crippen LogP contribution in [0, 0.1) is 0 Å². The van der Waals surface area contributed by atoms with Crippen LogP contribution >= 0.6 is 0 Å². The van der Waals surface area contributed by atoms with Crippen molar-refractivity contribution in [3.05, 3.63) is 64.1 Å². The minimum Gasteiger partial charge on any atom is -0.375 e. The van der Waals surface area contributed by atoms with Gasteiger partial charge in [-0.1, -0.05) is 30.3 Å². The van der Waals surface area contributed by atoms with E-state index in [0.29, 0.717) is 25.4 Å². The Kier molecular flexibility index (Phi) is 5.05. The molecule has 1 saturated heterocycles. The Hall–Kier alpha value is -2.47. The van der Waals surface area contributed by atoms with Gasteiger partial charge in [0.15, 0.2) is 0 Å². The zero-order valence-electron chi connectivity index (χ0n) is 13.7. The van der Waals surface area contributed by atoms with Crippen molar-refractivity contribution in [2.45, 2.75) is 18.9 Å². The van der Waals surface area contributed by atoms with Gasteiger partial charge < -0.3 is 9.64 Å². The van der Waals surface area contributed by atoms with Crippen molar-refractivity contribution in [2.24, 2.45) is 7.05 Å². The van der Waals surface area contributed by atoms with Gasteiger partial charge in [-0.3, -0.25) is 9.59 Å². The fourth-order valence-corrected chi connectivity index (χ4v) is 2.83. The molecule has 126 valence electrons. The third-order valence-corrected chi connectivity index (χ3v) is 4.20. The molecule has 1 aromatic carbocycles. The molecule has 1 aromatic heterocycles. The van der Waals surface area contributed by atoms with Crippen LogP contribution < -0.4 is 5.56 Å². The predicted octanol–water partition coefficient (Wildman–Crippen LogP) is 1.25. The minimum atomic E-state index is -0.228. The lowest BCUT2D eigenvalue weighted by Crippen LogP contribution is -2.46. The predicted molar refractivity (Wildman–Crippen MR) is 89.9 cm³/mol. The van der Waals surface area contributed by atoms with Crippen LogP contribution in [0.5, 0.6) is 0 Å². The van der Waals surface area contributed by atoms with Crippen LogP contribution in [0.3, 0.4) is 0 Å². The second kappa shape index (κ2) is 7.40. The van der Waals surface area contributed by atoms with Gasteiger partial charge in [0.05, 0.1) is 12.7 Å². The van der Waals surface area contributed by atoms with Crippen molar-refractivity contribution >= 4 is 5.91 Å². The van der Waals surface area contributed by atoms with E-state index >= 15 is 0 Å². The quantitative estimate of drug-likeness (QED) is 0.848. The number of carbonyl (C=O) groups is 1. The van der Waals surface area contributed by atoms with Crippen LogP contribution in [-0.4, -0.2) is 46.4 Å². The van der Waals surface area contributed by atoms with E-state index in [4.69, 9.17) is 4.74 Å². The number of hydrogen-bond donors (Lipinski definition) is 0. The van der Waals surface area contributed by atoms with Crippen LogP contribution in [0.1, 0.15) is 22.5 Å². The molecule has 0 radical (unpaired) electrons. The van der Waals surface area contributed by atoms with Crippen molar-refractivity contribution in [1.82, 2.24) is 14.7 Å². The molecule has 2 heterocycles. The van der Waals surface area contributed by atoms with E-state index in [9.17, 15) is 9.59 Å². The molecule has 2 aromatic rings. The molecule has 6 heteroatoms. The molecule has 0 aliphatic carbocycles. The summed E-state index contributed by atoms with van der Waals surface area (Å²) in [4.78, 5) is 25.7. The van der Waals surface area contributed by atoms with Gasteiger partial charge in [0.1, 0.15) is 5.69 Å². The summed E-state index contributed by atoms with van der Waals surface area (Å²) in [5, 5.41) is 4.04. The molecular formula is C18H21N3O3. The summed E-state index contributed by atoms with van der Waals surface area (Å²) in [7, 11) is 1.54. The zero-order chi connectivity index (χ0) is 16.9. The Morgan fingerprint density at radius 2 is 2.04 bits per heavy atom. The molecule has 0 saturated carbocycles. The normalized spacial score (nSPS) is 17.7. The second-order valence-electron chi connectivity index (χ2n) is 5.95. The maximum absolute atomic E-state index is 12.6. The largest absolute Gasteiger partial charge is 0.375 e. The second-order valence-corrected chi connectivity index (χ2v) is 5.95. The van der Waals surface area contributed by atoms with Crippen molar-refractivity contribution < 1.29 is 9.53 Å². The van der Waals surface area contributed by atoms with Gasteiger partial charge in [-0.05, 0) is 24.5 Å². The van der Waals surface area contributed by atoms with E-state index in [2.05, 4.69) is 17.2 Å². The van der Waals surface area contributed by atoms with Crippen LogP contribution in [0.4, 0.5) is 0 Å². The summed E-state index contributed by atoms with van der Waals surface area (Å²) < 4.78 is 6.97. The molecule has 1 fully saturated rings. The van der Waals surface area contributed by atoms with E-state index in [1.54, 1.807) is 11.9 Å². The van der Waals surface area contributed by atoms with E-state index < -0.39 is 0 Å². The monoisotopic (exact) mass is 327 g/mol. The average Bonchev–Trinajstić information content (AvgIpc) is 2.63. The summed E-state index contributed by atoms with van der Waals surface area (Å²) in [6, 6.07) is 13.1. The first-order chi connectivity index (χ1) is 11.6. The standard InChI is InChI=1S/C18H21N3O3/c1-20-17(22)10-9-16(19-20)18(23)21-11-12-24-15(13-21)8-7-14-5-3-2-4-6-14/h2-6,9-10,15H,7-8,11-13H2,1H3/t15-/m0/s1.